The summed E-state index contributed by atoms with van der Waals surface area (Å²) >= 11 is 0. The molecule has 1 saturated heterocycles. The first-order valence-electron chi connectivity index (χ1n) is 12.8. The minimum Gasteiger partial charge on any atom is -0.393 e. The molecule has 1 aliphatic heterocycles. The van der Waals surface area contributed by atoms with Crippen LogP contribution in [-0.4, -0.2) is 39.4 Å². The molecular weight excluding hydrogens is 400 g/mol. The molecule has 5 rings (SSSR count). The van der Waals surface area contributed by atoms with E-state index in [9.17, 15) is 15.0 Å². The van der Waals surface area contributed by atoms with Crippen molar-refractivity contribution in [3.05, 3.63) is 23.8 Å². The van der Waals surface area contributed by atoms with Gasteiger partial charge < -0.3 is 14.9 Å². The number of rotatable bonds is 4. The molecule has 4 heteroatoms. The SMILES string of the molecule is C[C@H]([C@H](O)C[C@]1(C)OC1(C)C)[C@H]1CC[C@@H]2[C@H]3[C@H](O)CC4=CC(=O)C=C[C@]4(C)[C@H]3CC[C@]12C. The Morgan fingerprint density at radius 3 is 2.47 bits per heavy atom. The number of ketones is 1. The van der Waals surface area contributed by atoms with Gasteiger partial charge in [-0.05, 0) is 100 Å². The number of allylic oxidation sites excluding steroid dienone is 3. The average molecular weight is 443 g/mol. The Morgan fingerprint density at radius 2 is 1.81 bits per heavy atom. The Hall–Kier alpha value is -0.970. The van der Waals surface area contributed by atoms with Gasteiger partial charge in [0.1, 0.15) is 0 Å². The topological polar surface area (TPSA) is 70.1 Å². The largest absolute Gasteiger partial charge is 0.393 e. The molecule has 0 aromatic heterocycles. The minimum atomic E-state index is -0.373. The van der Waals surface area contributed by atoms with Crippen molar-refractivity contribution in [3.63, 3.8) is 0 Å². The predicted molar refractivity (Wildman–Crippen MR) is 125 cm³/mol. The molecule has 32 heavy (non-hydrogen) atoms. The van der Waals surface area contributed by atoms with Crippen LogP contribution in [0.2, 0.25) is 0 Å². The standard InChI is InChI=1S/C28H42O4/c1-16(23(31)15-28(6)25(2,3)32-28)19-7-8-20-24-21(10-12-27(19,20)5)26(4)11-9-18(29)13-17(26)14-22(24)30/h9,11,13,16,19-24,30-31H,7-8,10,12,14-15H2,1-6H3/t16-,19+,20+,21-,22+,23+,24+,26-,27+,28-/m0/s1. The highest BCUT2D eigenvalue weighted by Crippen LogP contribution is 2.67. The van der Waals surface area contributed by atoms with Gasteiger partial charge in [-0.2, -0.15) is 0 Å². The number of ether oxygens (including phenoxy) is 1. The second-order valence-electron chi connectivity index (χ2n) is 13.0. The smallest absolute Gasteiger partial charge is 0.178 e. The second kappa shape index (κ2) is 7.02. The van der Waals surface area contributed by atoms with Gasteiger partial charge in [0.15, 0.2) is 5.78 Å². The summed E-state index contributed by atoms with van der Waals surface area (Å²) in [4.78, 5) is 12.0. The summed E-state index contributed by atoms with van der Waals surface area (Å²) in [6.07, 6.45) is 10.7. The molecule has 0 unspecified atom stereocenters. The maximum atomic E-state index is 12.0. The van der Waals surface area contributed by atoms with Crippen LogP contribution in [0.15, 0.2) is 23.8 Å². The Balaban J connectivity index is 1.37. The summed E-state index contributed by atoms with van der Waals surface area (Å²) in [6.45, 7) is 13.3. The van der Waals surface area contributed by atoms with E-state index in [1.165, 1.54) is 0 Å². The summed E-state index contributed by atoms with van der Waals surface area (Å²) in [5, 5.41) is 22.5. The van der Waals surface area contributed by atoms with E-state index in [1.807, 2.05) is 0 Å². The molecule has 1 heterocycles. The van der Waals surface area contributed by atoms with Crippen LogP contribution in [0.25, 0.3) is 0 Å². The lowest BCUT2D eigenvalue weighted by Crippen LogP contribution is -2.55. The molecular formula is C28H42O4. The molecule has 178 valence electrons. The van der Waals surface area contributed by atoms with Gasteiger partial charge in [-0.25, -0.2) is 0 Å². The van der Waals surface area contributed by atoms with Crippen LogP contribution in [-0.2, 0) is 9.53 Å². The van der Waals surface area contributed by atoms with Crippen LogP contribution >= 0.6 is 0 Å². The van der Waals surface area contributed by atoms with Crippen LogP contribution in [0, 0.1) is 40.4 Å². The van der Waals surface area contributed by atoms with Crippen LogP contribution < -0.4 is 0 Å². The van der Waals surface area contributed by atoms with Gasteiger partial charge in [-0.15, -0.1) is 0 Å². The van der Waals surface area contributed by atoms with E-state index in [4.69, 9.17) is 4.74 Å². The van der Waals surface area contributed by atoms with Crippen LogP contribution in [0.4, 0.5) is 0 Å². The average Bonchev–Trinajstić information content (AvgIpc) is 3.02. The Bertz CT molecular complexity index is 873. The van der Waals surface area contributed by atoms with Crippen LogP contribution in [0.5, 0.6) is 0 Å². The first-order valence-corrected chi connectivity index (χ1v) is 12.8. The lowest BCUT2D eigenvalue weighted by molar-refractivity contribution is -0.113. The highest BCUT2D eigenvalue weighted by molar-refractivity contribution is 6.01. The number of carbonyl (C=O) groups is 1. The van der Waals surface area contributed by atoms with Gasteiger partial charge >= 0.3 is 0 Å². The zero-order valence-corrected chi connectivity index (χ0v) is 20.7. The predicted octanol–water partition coefficient (Wildman–Crippen LogP) is 4.84. The highest BCUT2D eigenvalue weighted by Gasteiger charge is 2.63. The zero-order chi connectivity index (χ0) is 23.3. The van der Waals surface area contributed by atoms with Crippen LogP contribution in [0.3, 0.4) is 0 Å². The highest BCUT2D eigenvalue weighted by atomic mass is 16.6. The Kier molecular flexibility index (Phi) is 5.00. The number of aliphatic hydroxyl groups is 2. The van der Waals surface area contributed by atoms with Crippen molar-refractivity contribution in [2.75, 3.05) is 0 Å². The molecule has 0 spiro atoms. The van der Waals surface area contributed by atoms with Gasteiger partial charge in [0.2, 0.25) is 0 Å². The monoisotopic (exact) mass is 442 g/mol. The Morgan fingerprint density at radius 1 is 1.12 bits per heavy atom. The van der Waals surface area contributed by atoms with Crippen molar-refractivity contribution in [2.24, 2.45) is 40.4 Å². The van der Waals surface area contributed by atoms with Crippen molar-refractivity contribution in [3.8, 4) is 0 Å². The van der Waals surface area contributed by atoms with Crippen molar-refractivity contribution in [1.82, 2.24) is 0 Å². The van der Waals surface area contributed by atoms with Gasteiger partial charge in [0.25, 0.3) is 0 Å². The summed E-state index contributed by atoms with van der Waals surface area (Å²) in [6, 6.07) is 0. The van der Waals surface area contributed by atoms with Gasteiger partial charge in [-0.3, -0.25) is 4.79 Å². The molecule has 0 aromatic rings. The van der Waals surface area contributed by atoms with E-state index in [-0.39, 0.29) is 51.9 Å². The van der Waals surface area contributed by atoms with Gasteiger partial charge in [0.05, 0.1) is 23.4 Å². The summed E-state index contributed by atoms with van der Waals surface area (Å²) in [5.74, 6) is 1.88. The molecule has 3 saturated carbocycles. The van der Waals surface area contributed by atoms with E-state index in [0.29, 0.717) is 30.6 Å². The van der Waals surface area contributed by atoms with Crippen LogP contribution in [0.1, 0.15) is 80.1 Å². The zero-order valence-electron chi connectivity index (χ0n) is 20.7. The number of fused-ring (bicyclic) bond motifs is 5. The Labute approximate surface area is 193 Å². The summed E-state index contributed by atoms with van der Waals surface area (Å²) in [5.41, 5.74) is 0.802. The molecule has 4 fully saturated rings. The van der Waals surface area contributed by atoms with Gasteiger partial charge in [-0.1, -0.05) is 32.4 Å². The number of carbonyl (C=O) groups excluding carboxylic acids is 1. The number of epoxide rings is 1. The summed E-state index contributed by atoms with van der Waals surface area (Å²) < 4.78 is 5.93. The first-order chi connectivity index (χ1) is 14.8. The molecule has 0 bridgehead atoms. The normalized spacial score (nSPS) is 50.7. The van der Waals surface area contributed by atoms with Crippen molar-refractivity contribution < 1.29 is 19.7 Å². The third kappa shape index (κ3) is 3.08. The van der Waals surface area contributed by atoms with Crippen molar-refractivity contribution in [2.45, 2.75) is 103 Å². The van der Waals surface area contributed by atoms with E-state index in [1.54, 1.807) is 12.2 Å². The first kappa shape index (κ1) is 22.8. The molecule has 10 atom stereocenters. The van der Waals surface area contributed by atoms with Crippen molar-refractivity contribution in [1.29, 1.82) is 0 Å². The van der Waals surface area contributed by atoms with E-state index >= 15 is 0 Å². The maximum absolute atomic E-state index is 12.0. The molecule has 0 amide bonds. The van der Waals surface area contributed by atoms with Crippen molar-refractivity contribution >= 4 is 5.78 Å². The molecule has 0 radical (unpaired) electrons. The fourth-order valence-corrected chi connectivity index (χ4v) is 8.75. The second-order valence-corrected chi connectivity index (χ2v) is 13.0. The summed E-state index contributed by atoms with van der Waals surface area (Å²) in [7, 11) is 0. The fourth-order valence-electron chi connectivity index (χ4n) is 8.75. The minimum absolute atomic E-state index is 0.0593. The molecule has 4 aliphatic carbocycles. The van der Waals surface area contributed by atoms with E-state index < -0.39 is 0 Å². The number of hydrogen-bond acceptors (Lipinski definition) is 4. The molecule has 5 aliphatic rings. The molecule has 0 aromatic carbocycles. The maximum Gasteiger partial charge on any atom is 0.178 e. The van der Waals surface area contributed by atoms with E-state index in [0.717, 1.165) is 31.3 Å². The molecule has 4 nitrogen and oxygen atoms in total. The third-order valence-electron chi connectivity index (χ3n) is 11.2. The quantitative estimate of drug-likeness (QED) is 0.612. The number of hydrogen-bond donors (Lipinski definition) is 2. The third-order valence-corrected chi connectivity index (χ3v) is 11.2. The fraction of sp³-hybridized carbons (Fsp3) is 0.821. The van der Waals surface area contributed by atoms with Gasteiger partial charge in [0, 0.05) is 11.8 Å². The lowest BCUT2D eigenvalue weighted by atomic mass is 9.46. The van der Waals surface area contributed by atoms with E-state index in [2.05, 4.69) is 47.6 Å². The number of aliphatic hydroxyl groups excluding tert-OH is 2. The molecule has 2 N–H and O–H groups in total. The lowest BCUT2D eigenvalue weighted by Gasteiger charge is -2.59.